The highest BCUT2D eigenvalue weighted by atomic mass is 16.5. The van der Waals surface area contributed by atoms with Crippen molar-refractivity contribution in [3.8, 4) is 5.75 Å². The number of ether oxygens (including phenoxy) is 1. The van der Waals surface area contributed by atoms with Crippen LogP contribution in [0.4, 0.5) is 0 Å². The van der Waals surface area contributed by atoms with Crippen LogP contribution in [-0.2, 0) is 9.59 Å². The second-order valence-electron chi connectivity index (χ2n) is 7.05. The van der Waals surface area contributed by atoms with Crippen molar-refractivity contribution < 1.29 is 19.1 Å². The highest BCUT2D eigenvalue weighted by Crippen LogP contribution is 2.22. The molecule has 154 valence electrons. The van der Waals surface area contributed by atoms with Crippen molar-refractivity contribution in [2.45, 2.75) is 45.6 Å². The fraction of sp³-hybridized carbons (Fsp3) is 0.571. The van der Waals surface area contributed by atoms with Crippen molar-refractivity contribution in [1.82, 2.24) is 15.5 Å². The SMILES string of the molecule is CCCNC(=O)C(NC(=O)c1cccc(OC)c1)C1CCN(C(=O)CC)CC1. The van der Waals surface area contributed by atoms with Crippen LogP contribution >= 0.6 is 0 Å². The number of benzene rings is 1. The maximum atomic E-state index is 12.8. The van der Waals surface area contributed by atoms with Crippen LogP contribution in [0.2, 0.25) is 0 Å². The maximum absolute atomic E-state index is 12.8. The third-order valence-corrected chi connectivity index (χ3v) is 5.12. The molecule has 7 nitrogen and oxygen atoms in total. The highest BCUT2D eigenvalue weighted by molar-refractivity contribution is 5.98. The zero-order valence-electron chi connectivity index (χ0n) is 17.0. The molecular formula is C21H31N3O4. The molecule has 1 heterocycles. The molecule has 1 saturated heterocycles. The standard InChI is InChI=1S/C21H31N3O4/c1-4-11-22-21(27)19(15-9-12-24(13-10-15)18(25)5-2)23-20(26)16-7-6-8-17(14-16)28-3/h6-8,14-15,19H,4-5,9-13H2,1-3H3,(H,22,27)(H,23,26). The number of hydrogen-bond acceptors (Lipinski definition) is 4. The second kappa shape index (κ2) is 10.7. The molecule has 7 heteroatoms. The van der Waals surface area contributed by atoms with Gasteiger partial charge in [-0.3, -0.25) is 14.4 Å². The molecule has 0 spiro atoms. The van der Waals surface area contributed by atoms with E-state index in [1.807, 2.05) is 18.7 Å². The van der Waals surface area contributed by atoms with Gasteiger partial charge in [0.25, 0.3) is 5.91 Å². The van der Waals surface area contributed by atoms with E-state index in [0.29, 0.717) is 50.2 Å². The molecule has 1 aromatic rings. The van der Waals surface area contributed by atoms with Crippen LogP contribution < -0.4 is 15.4 Å². The summed E-state index contributed by atoms with van der Waals surface area (Å²) in [5.74, 6) is 0.241. The van der Waals surface area contributed by atoms with E-state index in [2.05, 4.69) is 10.6 Å². The molecule has 0 radical (unpaired) electrons. The van der Waals surface area contributed by atoms with E-state index >= 15 is 0 Å². The molecule has 1 fully saturated rings. The van der Waals surface area contributed by atoms with Gasteiger partial charge in [-0.05, 0) is 43.4 Å². The molecule has 2 N–H and O–H groups in total. The number of piperidine rings is 1. The van der Waals surface area contributed by atoms with Crippen molar-refractivity contribution in [3.63, 3.8) is 0 Å². The van der Waals surface area contributed by atoms with Crippen LogP contribution in [-0.4, -0.2) is 55.4 Å². The number of rotatable bonds is 8. The van der Waals surface area contributed by atoms with Gasteiger partial charge in [-0.25, -0.2) is 0 Å². The summed E-state index contributed by atoms with van der Waals surface area (Å²) >= 11 is 0. The summed E-state index contributed by atoms with van der Waals surface area (Å²) in [6.07, 6.45) is 2.69. The van der Waals surface area contributed by atoms with Gasteiger partial charge < -0.3 is 20.3 Å². The molecule has 0 saturated carbocycles. The average Bonchev–Trinajstić information content (AvgIpc) is 2.75. The van der Waals surface area contributed by atoms with Crippen molar-refractivity contribution in [2.24, 2.45) is 5.92 Å². The average molecular weight is 389 g/mol. The summed E-state index contributed by atoms with van der Waals surface area (Å²) in [5, 5.41) is 5.81. The Morgan fingerprint density at radius 3 is 2.54 bits per heavy atom. The van der Waals surface area contributed by atoms with Crippen molar-refractivity contribution in [3.05, 3.63) is 29.8 Å². The van der Waals surface area contributed by atoms with Gasteiger partial charge in [0, 0.05) is 31.6 Å². The summed E-state index contributed by atoms with van der Waals surface area (Å²) in [4.78, 5) is 39.2. The van der Waals surface area contributed by atoms with Gasteiger partial charge in [0.15, 0.2) is 0 Å². The molecule has 1 aromatic carbocycles. The Hall–Kier alpha value is -2.57. The van der Waals surface area contributed by atoms with E-state index in [9.17, 15) is 14.4 Å². The van der Waals surface area contributed by atoms with Crippen LogP contribution in [0.5, 0.6) is 5.75 Å². The first kappa shape index (κ1) is 21.7. The molecule has 2 rings (SSSR count). The first-order chi connectivity index (χ1) is 13.5. The van der Waals surface area contributed by atoms with E-state index in [1.165, 1.54) is 0 Å². The number of carbonyl (C=O) groups excluding carboxylic acids is 3. The predicted octanol–water partition coefficient (Wildman–Crippen LogP) is 1.97. The molecule has 0 aromatic heterocycles. The number of carbonyl (C=O) groups is 3. The number of nitrogens with zero attached hydrogens (tertiary/aromatic N) is 1. The predicted molar refractivity (Wildman–Crippen MR) is 107 cm³/mol. The van der Waals surface area contributed by atoms with Gasteiger partial charge in [0.1, 0.15) is 11.8 Å². The second-order valence-corrected chi connectivity index (χ2v) is 7.05. The number of amides is 3. The molecule has 1 aliphatic heterocycles. The monoisotopic (exact) mass is 389 g/mol. The van der Waals surface area contributed by atoms with Crippen molar-refractivity contribution in [2.75, 3.05) is 26.7 Å². The van der Waals surface area contributed by atoms with Crippen LogP contribution in [0.3, 0.4) is 0 Å². The molecule has 28 heavy (non-hydrogen) atoms. The van der Waals surface area contributed by atoms with Gasteiger partial charge >= 0.3 is 0 Å². The van der Waals surface area contributed by atoms with Gasteiger partial charge in [-0.1, -0.05) is 19.9 Å². The summed E-state index contributed by atoms with van der Waals surface area (Å²) in [6, 6.07) is 6.24. The zero-order chi connectivity index (χ0) is 20.5. The normalized spacial score (nSPS) is 15.6. The van der Waals surface area contributed by atoms with Gasteiger partial charge in [-0.2, -0.15) is 0 Å². The minimum absolute atomic E-state index is 0.00711. The van der Waals surface area contributed by atoms with Crippen molar-refractivity contribution >= 4 is 17.7 Å². The third-order valence-electron chi connectivity index (χ3n) is 5.12. The van der Waals surface area contributed by atoms with Gasteiger partial charge in [0.2, 0.25) is 11.8 Å². The lowest BCUT2D eigenvalue weighted by Gasteiger charge is -2.35. The van der Waals surface area contributed by atoms with Crippen LogP contribution in [0.25, 0.3) is 0 Å². The lowest BCUT2D eigenvalue weighted by atomic mass is 9.88. The lowest BCUT2D eigenvalue weighted by molar-refractivity contribution is -0.132. The molecule has 0 aliphatic carbocycles. The molecule has 1 atom stereocenters. The van der Waals surface area contributed by atoms with E-state index in [1.54, 1.807) is 31.4 Å². The largest absolute Gasteiger partial charge is 0.497 e. The molecule has 1 aliphatic rings. The van der Waals surface area contributed by atoms with E-state index in [-0.39, 0.29) is 23.6 Å². The van der Waals surface area contributed by atoms with E-state index in [4.69, 9.17) is 4.74 Å². The summed E-state index contributed by atoms with van der Waals surface area (Å²) in [7, 11) is 1.55. The Labute approximate surface area is 166 Å². The van der Waals surface area contributed by atoms with E-state index in [0.717, 1.165) is 6.42 Å². The Kier molecular flexibility index (Phi) is 8.29. The summed E-state index contributed by atoms with van der Waals surface area (Å²) < 4.78 is 5.17. The quantitative estimate of drug-likeness (QED) is 0.712. The fourth-order valence-corrected chi connectivity index (χ4v) is 3.45. The Bertz CT molecular complexity index is 684. The topological polar surface area (TPSA) is 87.7 Å². The van der Waals surface area contributed by atoms with Crippen molar-refractivity contribution in [1.29, 1.82) is 0 Å². The minimum Gasteiger partial charge on any atom is -0.497 e. The first-order valence-corrected chi connectivity index (χ1v) is 10.0. The van der Waals surface area contributed by atoms with Crippen LogP contribution in [0, 0.1) is 5.92 Å². The third kappa shape index (κ3) is 5.71. The van der Waals surface area contributed by atoms with Gasteiger partial charge in [-0.15, -0.1) is 0 Å². The Morgan fingerprint density at radius 2 is 1.93 bits per heavy atom. The number of hydrogen-bond donors (Lipinski definition) is 2. The van der Waals surface area contributed by atoms with Gasteiger partial charge in [0.05, 0.1) is 7.11 Å². The molecule has 3 amide bonds. The summed E-state index contributed by atoms with van der Waals surface area (Å²) in [6.45, 7) is 5.63. The van der Waals surface area contributed by atoms with E-state index < -0.39 is 6.04 Å². The van der Waals surface area contributed by atoms with Crippen LogP contribution in [0.15, 0.2) is 24.3 Å². The van der Waals surface area contributed by atoms with Crippen LogP contribution in [0.1, 0.15) is 49.9 Å². The summed E-state index contributed by atoms with van der Waals surface area (Å²) in [5.41, 5.74) is 0.450. The lowest BCUT2D eigenvalue weighted by Crippen LogP contribution is -2.53. The first-order valence-electron chi connectivity index (χ1n) is 10.0. The highest BCUT2D eigenvalue weighted by Gasteiger charge is 2.33. The minimum atomic E-state index is -0.621. The zero-order valence-corrected chi connectivity index (χ0v) is 17.0. The number of likely N-dealkylation sites (tertiary alicyclic amines) is 1. The Balaban J connectivity index is 2.10. The molecule has 1 unspecified atom stereocenters. The number of nitrogens with one attached hydrogen (secondary N) is 2. The number of methoxy groups -OCH3 is 1. The Morgan fingerprint density at radius 1 is 1.21 bits per heavy atom. The smallest absolute Gasteiger partial charge is 0.252 e. The molecule has 0 bridgehead atoms. The maximum Gasteiger partial charge on any atom is 0.252 e. The fourth-order valence-electron chi connectivity index (χ4n) is 3.45. The molecular weight excluding hydrogens is 358 g/mol.